The highest BCUT2D eigenvalue weighted by molar-refractivity contribution is 7.17. The Balaban J connectivity index is 2.54. The summed E-state index contributed by atoms with van der Waals surface area (Å²) in [4.78, 5) is 4.23. The quantitative estimate of drug-likeness (QED) is 0.846. The molecular weight excluding hydrogens is 208 g/mol. The van der Waals surface area contributed by atoms with Crippen molar-refractivity contribution in [3.63, 3.8) is 0 Å². The van der Waals surface area contributed by atoms with E-state index in [9.17, 15) is 0 Å². The molecule has 0 amide bonds. The lowest BCUT2D eigenvalue weighted by Crippen LogP contribution is -1.98. The van der Waals surface area contributed by atoms with E-state index < -0.39 is 0 Å². The van der Waals surface area contributed by atoms with Crippen molar-refractivity contribution in [3.05, 3.63) is 23.1 Å². The van der Waals surface area contributed by atoms with Gasteiger partial charge in [-0.25, -0.2) is 9.67 Å². The number of anilines is 1. The molecule has 0 aliphatic carbocycles. The summed E-state index contributed by atoms with van der Waals surface area (Å²) >= 11 is 1.45. The van der Waals surface area contributed by atoms with Gasteiger partial charge in [-0.1, -0.05) is 18.3 Å². The first-order valence-corrected chi connectivity index (χ1v) is 5.72. The van der Waals surface area contributed by atoms with Crippen LogP contribution in [0.25, 0.3) is 5.13 Å². The average Bonchev–Trinajstić information content (AvgIpc) is 2.71. The molecule has 5 heteroatoms. The summed E-state index contributed by atoms with van der Waals surface area (Å²) in [6.45, 7) is 6.23. The van der Waals surface area contributed by atoms with Crippen LogP contribution in [0.15, 0.2) is 6.20 Å². The van der Waals surface area contributed by atoms with Crippen LogP contribution in [0, 0.1) is 13.8 Å². The van der Waals surface area contributed by atoms with E-state index in [1.807, 2.05) is 11.6 Å². The summed E-state index contributed by atoms with van der Waals surface area (Å²) < 4.78 is 1.87. The maximum atomic E-state index is 5.66. The first-order valence-electron chi connectivity index (χ1n) is 4.90. The second-order valence-corrected chi connectivity index (χ2v) is 4.50. The van der Waals surface area contributed by atoms with Gasteiger partial charge in [-0.05, 0) is 25.8 Å². The zero-order valence-electron chi connectivity index (χ0n) is 9.11. The lowest BCUT2D eigenvalue weighted by molar-refractivity contribution is 0.824. The van der Waals surface area contributed by atoms with Crippen LogP contribution in [0.2, 0.25) is 0 Å². The molecule has 0 aliphatic heterocycles. The summed E-state index contributed by atoms with van der Waals surface area (Å²) in [6.07, 6.45) is 2.67. The van der Waals surface area contributed by atoms with E-state index in [0.29, 0.717) is 0 Å². The van der Waals surface area contributed by atoms with E-state index in [0.717, 1.165) is 27.9 Å². The Bertz CT molecular complexity index is 484. The Kier molecular flexibility index (Phi) is 2.48. The minimum atomic E-state index is 0.718. The Morgan fingerprint density at radius 2 is 2.20 bits per heavy atom. The minimum absolute atomic E-state index is 0.718. The molecule has 4 nitrogen and oxygen atoms in total. The van der Waals surface area contributed by atoms with Crippen LogP contribution in [-0.2, 0) is 6.42 Å². The number of thiazole rings is 1. The highest BCUT2D eigenvalue weighted by atomic mass is 32.1. The minimum Gasteiger partial charge on any atom is -0.389 e. The molecule has 0 saturated heterocycles. The van der Waals surface area contributed by atoms with Gasteiger partial charge in [0.25, 0.3) is 0 Å². The molecule has 0 radical (unpaired) electrons. The van der Waals surface area contributed by atoms with E-state index in [2.05, 4.69) is 23.9 Å². The van der Waals surface area contributed by atoms with Crippen molar-refractivity contribution >= 4 is 16.3 Å². The number of aryl methyl sites for hydroxylation is 1. The zero-order chi connectivity index (χ0) is 11.0. The normalized spacial score (nSPS) is 10.9. The topological polar surface area (TPSA) is 56.7 Å². The number of rotatable bonds is 2. The van der Waals surface area contributed by atoms with Crippen LogP contribution >= 0.6 is 11.3 Å². The molecule has 0 bridgehead atoms. The van der Waals surface area contributed by atoms with Gasteiger partial charge < -0.3 is 5.73 Å². The van der Waals surface area contributed by atoms with Crippen LogP contribution in [0.3, 0.4) is 0 Å². The van der Waals surface area contributed by atoms with Crippen molar-refractivity contribution in [2.45, 2.75) is 27.2 Å². The Morgan fingerprint density at radius 3 is 2.67 bits per heavy atom. The molecule has 2 aromatic rings. The second kappa shape index (κ2) is 3.66. The molecule has 0 atom stereocenters. The number of hydrogen-bond acceptors (Lipinski definition) is 4. The van der Waals surface area contributed by atoms with Gasteiger partial charge in [0, 0.05) is 5.69 Å². The van der Waals surface area contributed by atoms with E-state index in [1.165, 1.54) is 16.9 Å². The van der Waals surface area contributed by atoms with Crippen LogP contribution in [0.4, 0.5) is 5.00 Å². The smallest absolute Gasteiger partial charge is 0.212 e. The van der Waals surface area contributed by atoms with E-state index >= 15 is 0 Å². The number of hydrogen-bond donors (Lipinski definition) is 1. The Morgan fingerprint density at radius 1 is 1.47 bits per heavy atom. The van der Waals surface area contributed by atoms with E-state index in [1.54, 1.807) is 6.20 Å². The van der Waals surface area contributed by atoms with Crippen molar-refractivity contribution in [3.8, 4) is 5.13 Å². The molecule has 2 N–H and O–H groups in total. The molecule has 0 saturated carbocycles. The van der Waals surface area contributed by atoms with Crippen LogP contribution in [0.1, 0.15) is 23.9 Å². The number of nitrogen functional groups attached to an aromatic ring is 1. The molecule has 0 aromatic carbocycles. The first kappa shape index (κ1) is 10.2. The lowest BCUT2D eigenvalue weighted by Gasteiger charge is -1.99. The fraction of sp³-hybridized carbons (Fsp3) is 0.400. The third-order valence-corrected chi connectivity index (χ3v) is 3.29. The van der Waals surface area contributed by atoms with Crippen molar-refractivity contribution in [2.24, 2.45) is 0 Å². The lowest BCUT2D eigenvalue weighted by atomic mass is 10.1. The largest absolute Gasteiger partial charge is 0.389 e. The van der Waals surface area contributed by atoms with Gasteiger partial charge in [-0.2, -0.15) is 5.10 Å². The van der Waals surface area contributed by atoms with Crippen LogP contribution < -0.4 is 5.73 Å². The summed E-state index contributed by atoms with van der Waals surface area (Å²) in [5, 5.41) is 6.03. The Labute approximate surface area is 92.8 Å². The molecule has 0 unspecified atom stereocenters. The predicted molar refractivity (Wildman–Crippen MR) is 62.5 cm³/mol. The fourth-order valence-corrected chi connectivity index (χ4v) is 2.43. The third kappa shape index (κ3) is 1.63. The molecule has 2 heterocycles. The number of nitrogens with zero attached hydrogens (tertiary/aromatic N) is 3. The van der Waals surface area contributed by atoms with Gasteiger partial charge in [-0.3, -0.25) is 0 Å². The number of aromatic nitrogens is 3. The second-order valence-electron chi connectivity index (χ2n) is 3.46. The van der Waals surface area contributed by atoms with Gasteiger partial charge in [0.2, 0.25) is 5.13 Å². The first-order chi connectivity index (χ1) is 7.13. The van der Waals surface area contributed by atoms with Crippen molar-refractivity contribution in [1.82, 2.24) is 14.8 Å². The van der Waals surface area contributed by atoms with E-state index in [-0.39, 0.29) is 0 Å². The summed E-state index contributed by atoms with van der Waals surface area (Å²) in [7, 11) is 0. The van der Waals surface area contributed by atoms with E-state index in [4.69, 9.17) is 5.73 Å². The SMILES string of the molecule is CCc1c(C)nn(-c2ncc(N)s2)c1C. The molecule has 80 valence electrons. The average molecular weight is 222 g/mol. The van der Waals surface area contributed by atoms with Gasteiger partial charge in [0.15, 0.2) is 0 Å². The summed E-state index contributed by atoms with van der Waals surface area (Å²) in [5.41, 5.74) is 9.18. The monoisotopic (exact) mass is 222 g/mol. The highest BCUT2D eigenvalue weighted by Crippen LogP contribution is 2.23. The molecule has 2 aromatic heterocycles. The molecular formula is C10H14N4S. The van der Waals surface area contributed by atoms with Gasteiger partial charge in [0.05, 0.1) is 11.9 Å². The molecule has 15 heavy (non-hydrogen) atoms. The maximum absolute atomic E-state index is 5.66. The standard InChI is InChI=1S/C10H14N4S/c1-4-8-6(2)13-14(7(8)3)10-12-5-9(11)15-10/h5H,4,11H2,1-3H3. The molecule has 0 fully saturated rings. The van der Waals surface area contributed by atoms with Crippen molar-refractivity contribution in [1.29, 1.82) is 0 Å². The van der Waals surface area contributed by atoms with Crippen LogP contribution in [0.5, 0.6) is 0 Å². The Hall–Kier alpha value is -1.36. The van der Waals surface area contributed by atoms with Gasteiger partial charge in [-0.15, -0.1) is 0 Å². The van der Waals surface area contributed by atoms with Crippen LogP contribution in [-0.4, -0.2) is 14.8 Å². The zero-order valence-corrected chi connectivity index (χ0v) is 9.93. The summed E-state index contributed by atoms with van der Waals surface area (Å²) in [5.74, 6) is 0. The molecule has 2 rings (SSSR count). The van der Waals surface area contributed by atoms with Crippen molar-refractivity contribution < 1.29 is 0 Å². The third-order valence-electron chi connectivity index (χ3n) is 2.49. The van der Waals surface area contributed by atoms with Gasteiger partial charge in [0.1, 0.15) is 5.00 Å². The van der Waals surface area contributed by atoms with Gasteiger partial charge >= 0.3 is 0 Å². The fourth-order valence-electron chi connectivity index (χ4n) is 1.75. The van der Waals surface area contributed by atoms with Crippen molar-refractivity contribution in [2.75, 3.05) is 5.73 Å². The maximum Gasteiger partial charge on any atom is 0.212 e. The molecule has 0 aliphatic rings. The highest BCUT2D eigenvalue weighted by Gasteiger charge is 2.12. The number of nitrogens with two attached hydrogens (primary N) is 1. The molecule has 0 spiro atoms. The predicted octanol–water partition coefficient (Wildman–Crippen LogP) is 2.09. The summed E-state index contributed by atoms with van der Waals surface area (Å²) in [6, 6.07) is 0.